The molecule has 20 heavy (non-hydrogen) atoms. The first kappa shape index (κ1) is 17.2. The summed E-state index contributed by atoms with van der Waals surface area (Å²) in [6, 6.07) is 8.22. The van der Waals surface area contributed by atoms with E-state index in [0.29, 0.717) is 6.54 Å². The molecule has 112 valence electrons. The summed E-state index contributed by atoms with van der Waals surface area (Å²) < 4.78 is 1.07. The Bertz CT molecular complexity index is 418. The number of nitrogens with zero attached hydrogens (tertiary/aromatic N) is 1. The first-order valence-corrected chi connectivity index (χ1v) is 7.98. The van der Waals surface area contributed by atoms with Crippen molar-refractivity contribution in [1.82, 2.24) is 4.90 Å². The topological polar surface area (TPSA) is 46.3 Å². The Morgan fingerprint density at radius 1 is 1.25 bits per heavy atom. The van der Waals surface area contributed by atoms with Crippen molar-refractivity contribution in [2.75, 3.05) is 20.1 Å². The summed E-state index contributed by atoms with van der Waals surface area (Å²) in [5.74, 6) is 0.169. The molecule has 2 N–H and O–H groups in total. The van der Waals surface area contributed by atoms with Gasteiger partial charge < -0.3 is 10.6 Å². The van der Waals surface area contributed by atoms with Crippen LogP contribution in [0.2, 0.25) is 0 Å². The molecular formula is C16H25BrN2O. The van der Waals surface area contributed by atoms with Gasteiger partial charge in [-0.15, -0.1) is 0 Å². The summed E-state index contributed by atoms with van der Waals surface area (Å²) in [6.07, 6.45) is 2.45. The number of hydrogen-bond acceptors (Lipinski definition) is 2. The van der Waals surface area contributed by atoms with Gasteiger partial charge in [0.05, 0.1) is 5.41 Å². The fourth-order valence-corrected chi connectivity index (χ4v) is 2.65. The second-order valence-corrected chi connectivity index (χ2v) is 6.21. The van der Waals surface area contributed by atoms with E-state index in [0.717, 1.165) is 30.3 Å². The van der Waals surface area contributed by atoms with E-state index in [1.807, 2.05) is 37.9 Å². The number of rotatable bonds is 7. The zero-order chi connectivity index (χ0) is 15.2. The molecule has 0 atom stereocenters. The van der Waals surface area contributed by atoms with Crippen molar-refractivity contribution in [3.8, 4) is 0 Å². The third-order valence-electron chi connectivity index (χ3n) is 4.19. The number of nitrogens with two attached hydrogens (primary N) is 1. The summed E-state index contributed by atoms with van der Waals surface area (Å²) in [7, 11) is 1.87. The lowest BCUT2D eigenvalue weighted by Crippen LogP contribution is -2.46. The molecular weight excluding hydrogens is 316 g/mol. The van der Waals surface area contributed by atoms with Crippen LogP contribution in [0.25, 0.3) is 0 Å². The fourth-order valence-electron chi connectivity index (χ4n) is 2.38. The van der Waals surface area contributed by atoms with Gasteiger partial charge in [-0.25, -0.2) is 0 Å². The van der Waals surface area contributed by atoms with E-state index in [1.165, 1.54) is 5.56 Å². The Labute approximate surface area is 130 Å². The number of halogens is 1. The van der Waals surface area contributed by atoms with Crippen molar-refractivity contribution < 1.29 is 4.79 Å². The van der Waals surface area contributed by atoms with Crippen molar-refractivity contribution in [1.29, 1.82) is 0 Å². The van der Waals surface area contributed by atoms with Gasteiger partial charge in [-0.3, -0.25) is 4.79 Å². The number of carbonyl (C=O) groups is 1. The van der Waals surface area contributed by atoms with Crippen LogP contribution in [-0.2, 0) is 11.2 Å². The lowest BCUT2D eigenvalue weighted by molar-refractivity contribution is -0.140. The van der Waals surface area contributed by atoms with Crippen molar-refractivity contribution >= 4 is 21.8 Å². The second kappa shape index (κ2) is 7.79. The van der Waals surface area contributed by atoms with Gasteiger partial charge in [0, 0.05) is 24.6 Å². The molecule has 1 rings (SSSR count). The van der Waals surface area contributed by atoms with Crippen LogP contribution in [0.4, 0.5) is 0 Å². The van der Waals surface area contributed by atoms with Crippen molar-refractivity contribution in [2.24, 2.45) is 11.1 Å². The molecule has 1 aromatic carbocycles. The average molecular weight is 341 g/mol. The minimum absolute atomic E-state index is 0.169. The number of hydrogen-bond donors (Lipinski definition) is 1. The monoisotopic (exact) mass is 340 g/mol. The van der Waals surface area contributed by atoms with Crippen LogP contribution in [0, 0.1) is 5.41 Å². The Balaban J connectivity index is 2.63. The van der Waals surface area contributed by atoms with Crippen LogP contribution in [0.5, 0.6) is 0 Å². The first-order valence-electron chi connectivity index (χ1n) is 7.19. The maximum atomic E-state index is 12.6. The van der Waals surface area contributed by atoms with Crippen LogP contribution >= 0.6 is 15.9 Å². The van der Waals surface area contributed by atoms with Crippen LogP contribution in [0.3, 0.4) is 0 Å². The fraction of sp³-hybridized carbons (Fsp3) is 0.562. The number of carbonyl (C=O) groups excluding carboxylic acids is 1. The van der Waals surface area contributed by atoms with Gasteiger partial charge >= 0.3 is 0 Å². The summed E-state index contributed by atoms with van der Waals surface area (Å²) >= 11 is 3.42. The molecule has 0 saturated carbocycles. The highest BCUT2D eigenvalue weighted by Crippen LogP contribution is 2.27. The Hall–Kier alpha value is -0.870. The van der Waals surface area contributed by atoms with Crippen LogP contribution in [-0.4, -0.2) is 30.9 Å². The lowest BCUT2D eigenvalue weighted by Gasteiger charge is -2.33. The van der Waals surface area contributed by atoms with Gasteiger partial charge in [-0.2, -0.15) is 0 Å². The minimum atomic E-state index is -0.394. The predicted octanol–water partition coefficient (Wildman–Crippen LogP) is 3.22. The molecule has 0 fully saturated rings. The molecule has 1 amide bonds. The molecule has 0 saturated heterocycles. The van der Waals surface area contributed by atoms with Crippen molar-refractivity contribution in [2.45, 2.75) is 33.1 Å². The summed E-state index contributed by atoms with van der Waals surface area (Å²) in [5, 5.41) is 0. The lowest BCUT2D eigenvalue weighted by atomic mass is 9.81. The number of amides is 1. The Kier molecular flexibility index (Phi) is 6.69. The van der Waals surface area contributed by atoms with Gasteiger partial charge in [0.1, 0.15) is 0 Å². The van der Waals surface area contributed by atoms with E-state index >= 15 is 0 Å². The largest absolute Gasteiger partial charge is 0.345 e. The minimum Gasteiger partial charge on any atom is -0.345 e. The van der Waals surface area contributed by atoms with E-state index in [-0.39, 0.29) is 5.91 Å². The molecule has 0 aromatic heterocycles. The summed E-state index contributed by atoms with van der Waals surface area (Å²) in [4.78, 5) is 14.4. The van der Waals surface area contributed by atoms with Gasteiger partial charge in [0.15, 0.2) is 0 Å². The highest BCUT2D eigenvalue weighted by molar-refractivity contribution is 9.10. The quantitative estimate of drug-likeness (QED) is 0.828. The smallest absolute Gasteiger partial charge is 0.229 e. The molecule has 3 nitrogen and oxygen atoms in total. The van der Waals surface area contributed by atoms with Gasteiger partial charge in [-0.05, 0) is 37.0 Å². The maximum Gasteiger partial charge on any atom is 0.229 e. The Morgan fingerprint density at radius 2 is 1.80 bits per heavy atom. The highest BCUT2D eigenvalue weighted by Gasteiger charge is 2.35. The SMILES string of the molecule is CCC(CC)(CN)C(=O)N(C)CCc1ccc(Br)cc1. The van der Waals surface area contributed by atoms with E-state index in [1.54, 1.807) is 0 Å². The normalized spacial score (nSPS) is 11.4. The van der Waals surface area contributed by atoms with Gasteiger partial charge in [0.2, 0.25) is 5.91 Å². The van der Waals surface area contributed by atoms with Crippen LogP contribution in [0.15, 0.2) is 28.7 Å². The zero-order valence-electron chi connectivity index (χ0n) is 12.7. The molecule has 4 heteroatoms. The van der Waals surface area contributed by atoms with Crippen molar-refractivity contribution in [3.63, 3.8) is 0 Å². The van der Waals surface area contributed by atoms with E-state index in [9.17, 15) is 4.79 Å². The van der Waals surface area contributed by atoms with E-state index < -0.39 is 5.41 Å². The number of likely N-dealkylation sites (N-methyl/N-ethyl adjacent to an activating group) is 1. The highest BCUT2D eigenvalue weighted by atomic mass is 79.9. The van der Waals surface area contributed by atoms with Gasteiger partial charge in [0.25, 0.3) is 0 Å². The molecule has 0 bridgehead atoms. The molecule has 0 aliphatic rings. The molecule has 0 spiro atoms. The zero-order valence-corrected chi connectivity index (χ0v) is 14.2. The van der Waals surface area contributed by atoms with E-state index in [4.69, 9.17) is 5.73 Å². The molecule has 0 radical (unpaired) electrons. The van der Waals surface area contributed by atoms with Crippen molar-refractivity contribution in [3.05, 3.63) is 34.3 Å². The van der Waals surface area contributed by atoms with Crippen LogP contribution in [0.1, 0.15) is 32.3 Å². The first-order chi connectivity index (χ1) is 9.49. The predicted molar refractivity (Wildman–Crippen MR) is 87.6 cm³/mol. The number of benzene rings is 1. The second-order valence-electron chi connectivity index (χ2n) is 5.29. The maximum absolute atomic E-state index is 12.6. The average Bonchev–Trinajstić information content (AvgIpc) is 2.48. The summed E-state index contributed by atoms with van der Waals surface area (Å²) in [6.45, 7) is 5.22. The molecule has 0 unspecified atom stereocenters. The molecule has 0 aliphatic carbocycles. The summed E-state index contributed by atoms with van der Waals surface area (Å²) in [5.41, 5.74) is 6.68. The van der Waals surface area contributed by atoms with Crippen LogP contribution < -0.4 is 5.73 Å². The van der Waals surface area contributed by atoms with E-state index in [2.05, 4.69) is 28.1 Å². The Morgan fingerprint density at radius 3 is 2.25 bits per heavy atom. The third kappa shape index (κ3) is 4.06. The molecule has 0 heterocycles. The third-order valence-corrected chi connectivity index (χ3v) is 4.72. The molecule has 1 aromatic rings. The molecule has 0 aliphatic heterocycles. The standard InChI is InChI=1S/C16H25BrN2O/c1-4-16(5-2,12-18)15(20)19(3)11-10-13-6-8-14(17)9-7-13/h6-9H,4-5,10-12,18H2,1-3H3. The van der Waals surface area contributed by atoms with Gasteiger partial charge in [-0.1, -0.05) is 41.9 Å².